The summed E-state index contributed by atoms with van der Waals surface area (Å²) in [6, 6.07) is 6.03. The topological polar surface area (TPSA) is 84.0 Å². The third kappa shape index (κ3) is 3.40. The number of halogens is 3. The Labute approximate surface area is 147 Å². The van der Waals surface area contributed by atoms with Crippen LogP contribution in [0.1, 0.15) is 10.4 Å². The molecule has 0 atom stereocenters. The summed E-state index contributed by atoms with van der Waals surface area (Å²) in [5, 5.41) is 2.35. The Morgan fingerprint density at radius 3 is 2.65 bits per heavy atom. The molecule has 6 nitrogen and oxygen atoms in total. The number of aromatic amines is 1. The second-order valence-corrected chi connectivity index (χ2v) is 6.77. The van der Waals surface area contributed by atoms with Crippen LogP contribution in [0.2, 0.25) is 0 Å². The maximum atomic E-state index is 13.0. The number of fused-ring (bicyclic) bond motifs is 1. The molecule has 0 radical (unpaired) electrons. The van der Waals surface area contributed by atoms with Crippen molar-refractivity contribution < 1.29 is 18.0 Å². The van der Waals surface area contributed by atoms with Crippen molar-refractivity contribution in [3.05, 3.63) is 61.6 Å². The predicted molar refractivity (Wildman–Crippen MR) is 91.5 cm³/mol. The van der Waals surface area contributed by atoms with E-state index in [4.69, 9.17) is 0 Å². The van der Waals surface area contributed by atoms with Crippen LogP contribution in [0.3, 0.4) is 0 Å². The van der Waals surface area contributed by atoms with Crippen LogP contribution in [0, 0.1) is 6.92 Å². The zero-order valence-electron chi connectivity index (χ0n) is 13.3. The third-order valence-corrected chi connectivity index (χ3v) is 4.57. The SMILES string of the molecule is Cc1cc2c(=O)n(CC(=O)Nc3ccccc3C(F)(F)F)c(=O)[nH]c2s1. The van der Waals surface area contributed by atoms with Gasteiger partial charge in [-0.1, -0.05) is 12.1 Å². The van der Waals surface area contributed by atoms with E-state index in [1.165, 1.54) is 23.5 Å². The monoisotopic (exact) mass is 383 g/mol. The fourth-order valence-corrected chi connectivity index (χ4v) is 3.38. The van der Waals surface area contributed by atoms with Gasteiger partial charge in [0.25, 0.3) is 5.56 Å². The van der Waals surface area contributed by atoms with Gasteiger partial charge in [-0.2, -0.15) is 13.2 Å². The van der Waals surface area contributed by atoms with Gasteiger partial charge in [0.1, 0.15) is 11.4 Å². The minimum Gasteiger partial charge on any atom is -0.324 e. The lowest BCUT2D eigenvalue weighted by molar-refractivity contribution is -0.137. The van der Waals surface area contributed by atoms with Crippen LogP contribution in [0.4, 0.5) is 18.9 Å². The molecule has 0 saturated carbocycles. The number of carbonyl (C=O) groups is 1. The van der Waals surface area contributed by atoms with Crippen LogP contribution in [-0.2, 0) is 17.5 Å². The summed E-state index contributed by atoms with van der Waals surface area (Å²) in [4.78, 5) is 40.2. The molecule has 0 aliphatic carbocycles. The van der Waals surface area contributed by atoms with E-state index in [-0.39, 0.29) is 5.39 Å². The Balaban J connectivity index is 1.92. The van der Waals surface area contributed by atoms with E-state index in [0.29, 0.717) is 9.40 Å². The number of benzene rings is 1. The lowest BCUT2D eigenvalue weighted by Crippen LogP contribution is -2.38. The first-order valence-corrected chi connectivity index (χ1v) is 8.18. The summed E-state index contributed by atoms with van der Waals surface area (Å²) in [5.41, 5.74) is -2.93. The molecule has 10 heteroatoms. The van der Waals surface area contributed by atoms with Crippen LogP contribution in [0.15, 0.2) is 39.9 Å². The maximum Gasteiger partial charge on any atom is 0.418 e. The zero-order chi connectivity index (χ0) is 19.1. The Bertz CT molecular complexity index is 1110. The zero-order valence-corrected chi connectivity index (χ0v) is 14.1. The van der Waals surface area contributed by atoms with E-state index in [1.54, 1.807) is 13.0 Å². The van der Waals surface area contributed by atoms with Crippen LogP contribution >= 0.6 is 11.3 Å². The average molecular weight is 383 g/mol. The van der Waals surface area contributed by atoms with Crippen molar-refractivity contribution in [1.82, 2.24) is 9.55 Å². The number of anilines is 1. The van der Waals surface area contributed by atoms with Crippen molar-refractivity contribution in [1.29, 1.82) is 0 Å². The molecule has 0 spiro atoms. The van der Waals surface area contributed by atoms with E-state index in [1.807, 2.05) is 0 Å². The molecule has 1 aromatic carbocycles. The lowest BCUT2D eigenvalue weighted by atomic mass is 10.1. The number of hydrogen-bond acceptors (Lipinski definition) is 4. The molecule has 1 amide bonds. The summed E-state index contributed by atoms with van der Waals surface area (Å²) >= 11 is 1.22. The molecule has 0 aliphatic rings. The van der Waals surface area contributed by atoms with Gasteiger partial charge in [-0.05, 0) is 25.1 Å². The van der Waals surface area contributed by atoms with Gasteiger partial charge in [-0.15, -0.1) is 11.3 Å². The molecular formula is C16H12F3N3O3S. The molecule has 3 rings (SSSR count). The molecule has 0 aliphatic heterocycles. The van der Waals surface area contributed by atoms with Gasteiger partial charge in [0.2, 0.25) is 5.91 Å². The first kappa shape index (κ1) is 17.9. The standard InChI is InChI=1S/C16H12F3N3O3S/c1-8-6-9-13(26-8)21-15(25)22(14(9)24)7-12(23)20-11-5-3-2-4-10(11)16(17,18)19/h2-6H,7H2,1H3,(H,20,23)(H,21,25). The number of rotatable bonds is 3. The average Bonchev–Trinajstić information content (AvgIpc) is 2.91. The van der Waals surface area contributed by atoms with Gasteiger partial charge in [-0.3, -0.25) is 19.1 Å². The highest BCUT2D eigenvalue weighted by molar-refractivity contribution is 7.18. The number of carbonyl (C=O) groups excluding carboxylic acids is 1. The van der Waals surface area contributed by atoms with E-state index in [0.717, 1.165) is 17.0 Å². The maximum absolute atomic E-state index is 13.0. The molecule has 2 aromatic heterocycles. The highest BCUT2D eigenvalue weighted by Crippen LogP contribution is 2.34. The van der Waals surface area contributed by atoms with Crippen molar-refractivity contribution in [2.24, 2.45) is 0 Å². The minimum absolute atomic E-state index is 0.246. The smallest absolute Gasteiger partial charge is 0.324 e. The van der Waals surface area contributed by atoms with Crippen LogP contribution < -0.4 is 16.6 Å². The first-order chi connectivity index (χ1) is 12.2. The van der Waals surface area contributed by atoms with Gasteiger partial charge < -0.3 is 5.32 Å². The molecule has 2 heterocycles. The number of H-pyrrole nitrogens is 1. The highest BCUT2D eigenvalue weighted by atomic mass is 32.1. The summed E-state index contributed by atoms with van der Waals surface area (Å²) in [6.07, 6.45) is -4.65. The Morgan fingerprint density at radius 1 is 1.27 bits per heavy atom. The number of para-hydroxylation sites is 1. The normalized spacial score (nSPS) is 11.7. The Kier molecular flexibility index (Phi) is 4.45. The fourth-order valence-electron chi connectivity index (χ4n) is 2.48. The van der Waals surface area contributed by atoms with E-state index < -0.39 is 41.1 Å². The first-order valence-electron chi connectivity index (χ1n) is 7.36. The van der Waals surface area contributed by atoms with E-state index >= 15 is 0 Å². The van der Waals surface area contributed by atoms with Crippen LogP contribution in [0.5, 0.6) is 0 Å². The van der Waals surface area contributed by atoms with Crippen molar-refractivity contribution in [2.75, 3.05) is 5.32 Å². The lowest BCUT2D eigenvalue weighted by Gasteiger charge is -2.13. The van der Waals surface area contributed by atoms with Gasteiger partial charge >= 0.3 is 11.9 Å². The summed E-state index contributed by atoms with van der Waals surface area (Å²) < 4.78 is 39.6. The van der Waals surface area contributed by atoms with Gasteiger partial charge in [-0.25, -0.2) is 4.79 Å². The molecule has 3 aromatic rings. The minimum atomic E-state index is -4.65. The van der Waals surface area contributed by atoms with Crippen molar-refractivity contribution in [3.63, 3.8) is 0 Å². The molecule has 0 fully saturated rings. The Morgan fingerprint density at radius 2 is 1.96 bits per heavy atom. The molecule has 136 valence electrons. The molecule has 0 bridgehead atoms. The second kappa shape index (κ2) is 6.45. The number of aromatic nitrogens is 2. The molecular weight excluding hydrogens is 371 g/mol. The second-order valence-electron chi connectivity index (χ2n) is 5.51. The number of aryl methyl sites for hydroxylation is 1. The molecule has 0 unspecified atom stereocenters. The third-order valence-electron chi connectivity index (χ3n) is 3.60. The summed E-state index contributed by atoms with van der Waals surface area (Å²) in [6.45, 7) is 1.05. The van der Waals surface area contributed by atoms with Crippen molar-refractivity contribution >= 4 is 33.1 Å². The Hall–Kier alpha value is -2.88. The van der Waals surface area contributed by atoms with Crippen molar-refractivity contribution in [3.8, 4) is 0 Å². The largest absolute Gasteiger partial charge is 0.418 e. The molecule has 26 heavy (non-hydrogen) atoms. The van der Waals surface area contributed by atoms with Gasteiger partial charge in [0, 0.05) is 4.88 Å². The number of amides is 1. The fraction of sp³-hybridized carbons (Fsp3) is 0.188. The van der Waals surface area contributed by atoms with Gasteiger partial charge in [0.05, 0.1) is 16.6 Å². The molecule has 2 N–H and O–H groups in total. The summed E-state index contributed by atoms with van der Waals surface area (Å²) in [5.74, 6) is -0.916. The number of hydrogen-bond donors (Lipinski definition) is 2. The highest BCUT2D eigenvalue weighted by Gasteiger charge is 2.33. The number of thiophene rings is 1. The van der Waals surface area contributed by atoms with E-state index in [2.05, 4.69) is 10.3 Å². The quantitative estimate of drug-likeness (QED) is 0.729. The summed E-state index contributed by atoms with van der Waals surface area (Å²) in [7, 11) is 0. The van der Waals surface area contributed by atoms with Gasteiger partial charge in [0.15, 0.2) is 0 Å². The number of nitrogens with one attached hydrogen (secondary N) is 2. The number of alkyl halides is 3. The van der Waals surface area contributed by atoms with E-state index in [9.17, 15) is 27.6 Å². The molecule has 0 saturated heterocycles. The van der Waals surface area contributed by atoms with Crippen LogP contribution in [-0.4, -0.2) is 15.5 Å². The predicted octanol–water partition coefficient (Wildman–Crippen LogP) is 2.72. The number of nitrogens with zero attached hydrogens (tertiary/aromatic N) is 1. The van der Waals surface area contributed by atoms with Crippen molar-refractivity contribution in [2.45, 2.75) is 19.6 Å². The van der Waals surface area contributed by atoms with Crippen LogP contribution in [0.25, 0.3) is 10.2 Å².